The number of amides is 1. The van der Waals surface area contributed by atoms with Gasteiger partial charge in [0, 0.05) is 37.5 Å². The van der Waals surface area contributed by atoms with Gasteiger partial charge in [0.15, 0.2) is 0 Å². The highest BCUT2D eigenvalue weighted by Gasteiger charge is 2.50. The van der Waals surface area contributed by atoms with Crippen LogP contribution >= 0.6 is 0 Å². The van der Waals surface area contributed by atoms with Gasteiger partial charge >= 0.3 is 6.01 Å². The molecule has 1 N–H and O–H groups in total. The van der Waals surface area contributed by atoms with E-state index in [2.05, 4.69) is 9.80 Å². The Kier molecular flexibility index (Phi) is 6.90. The average Bonchev–Trinajstić information content (AvgIpc) is 3.78. The van der Waals surface area contributed by atoms with Crippen LogP contribution in [0.1, 0.15) is 73.5 Å². The van der Waals surface area contributed by atoms with Crippen molar-refractivity contribution in [3.05, 3.63) is 46.9 Å². The Morgan fingerprint density at radius 3 is 2.80 bits per heavy atom. The van der Waals surface area contributed by atoms with E-state index in [1.807, 2.05) is 6.92 Å². The van der Waals surface area contributed by atoms with Crippen molar-refractivity contribution in [3.63, 3.8) is 0 Å². The van der Waals surface area contributed by atoms with E-state index in [-0.39, 0.29) is 47.8 Å². The van der Waals surface area contributed by atoms with Crippen LogP contribution in [0.2, 0.25) is 0 Å². The van der Waals surface area contributed by atoms with Crippen LogP contribution in [0, 0.1) is 5.82 Å². The zero-order valence-electron chi connectivity index (χ0n) is 25.7. The fraction of sp³-hybridized carbons (Fsp3) is 0.559. The molecule has 238 valence electrons. The van der Waals surface area contributed by atoms with Crippen LogP contribution in [0.5, 0.6) is 11.8 Å². The van der Waals surface area contributed by atoms with E-state index in [1.165, 1.54) is 12.1 Å². The number of anilines is 2. The molecule has 1 spiro atoms. The summed E-state index contributed by atoms with van der Waals surface area (Å²) in [6.07, 6.45) is 5.98. The third-order valence-electron chi connectivity index (χ3n) is 10.8. The molecule has 5 aliphatic rings. The Hall–Kier alpha value is -3.57. The minimum absolute atomic E-state index is 0.00953. The van der Waals surface area contributed by atoms with Gasteiger partial charge in [-0.2, -0.15) is 9.97 Å². The summed E-state index contributed by atoms with van der Waals surface area (Å²) in [6, 6.07) is 6.32. The zero-order chi connectivity index (χ0) is 30.9. The van der Waals surface area contributed by atoms with Crippen LogP contribution in [0.3, 0.4) is 0 Å². The Balaban J connectivity index is 1.20. The molecule has 2 atom stereocenters. The SMILES string of the molecule is CCc1c(F)ccc2cc(O)cc(N3Cc4nc(OC[C@@]56CCCN5C[C@H](F)C6)nc(N5CCOC6(CCCC6)C5)c4C3=O)c12. The summed E-state index contributed by atoms with van der Waals surface area (Å²) in [5, 5.41) is 11.9. The highest BCUT2D eigenvalue weighted by molar-refractivity contribution is 6.16. The molecule has 4 fully saturated rings. The van der Waals surface area contributed by atoms with Crippen LogP contribution in [-0.2, 0) is 17.7 Å². The number of carbonyl (C=O) groups excluding carboxylic acids is 1. The van der Waals surface area contributed by atoms with Crippen molar-refractivity contribution < 1.29 is 28.2 Å². The first-order valence-electron chi connectivity index (χ1n) is 16.4. The molecule has 1 amide bonds. The predicted molar refractivity (Wildman–Crippen MR) is 165 cm³/mol. The maximum Gasteiger partial charge on any atom is 0.318 e. The molecule has 1 saturated carbocycles. The molecule has 9 nitrogen and oxygen atoms in total. The van der Waals surface area contributed by atoms with Crippen LogP contribution in [-0.4, -0.2) is 82.6 Å². The lowest BCUT2D eigenvalue weighted by atomic mass is 9.95. The number of alkyl halides is 1. The third kappa shape index (κ3) is 4.72. The van der Waals surface area contributed by atoms with Crippen molar-refractivity contribution in [2.24, 2.45) is 0 Å². The van der Waals surface area contributed by atoms with Gasteiger partial charge in [-0.25, -0.2) is 8.78 Å². The Morgan fingerprint density at radius 2 is 1.98 bits per heavy atom. The van der Waals surface area contributed by atoms with Crippen molar-refractivity contribution in [1.29, 1.82) is 0 Å². The van der Waals surface area contributed by atoms with Crippen molar-refractivity contribution in [1.82, 2.24) is 14.9 Å². The minimum atomic E-state index is -0.873. The number of phenols is 1. The highest BCUT2D eigenvalue weighted by Crippen LogP contribution is 2.44. The molecule has 0 radical (unpaired) electrons. The molecular formula is C34H39F2N5O4. The number of hydrogen-bond acceptors (Lipinski definition) is 8. The maximum atomic E-state index is 15.0. The number of nitrogens with zero attached hydrogens (tertiary/aromatic N) is 5. The Bertz CT molecular complexity index is 1680. The lowest BCUT2D eigenvalue weighted by Gasteiger charge is -2.41. The first-order valence-corrected chi connectivity index (χ1v) is 16.4. The van der Waals surface area contributed by atoms with Crippen LogP contribution in [0.15, 0.2) is 24.3 Å². The average molecular weight is 620 g/mol. The largest absolute Gasteiger partial charge is 0.508 e. The first kappa shape index (κ1) is 28.9. The molecule has 2 aromatic carbocycles. The number of halogens is 2. The van der Waals surface area contributed by atoms with Gasteiger partial charge in [-0.3, -0.25) is 9.69 Å². The summed E-state index contributed by atoms with van der Waals surface area (Å²) in [5.41, 5.74) is 1.21. The van der Waals surface area contributed by atoms with Crippen molar-refractivity contribution in [2.45, 2.75) is 82.1 Å². The van der Waals surface area contributed by atoms with E-state index in [9.17, 15) is 14.3 Å². The number of aromatic nitrogens is 2. The molecule has 1 aromatic heterocycles. The monoisotopic (exact) mass is 619 g/mol. The normalized spacial score (nSPS) is 25.9. The second-order valence-electron chi connectivity index (χ2n) is 13.5. The fourth-order valence-electron chi connectivity index (χ4n) is 8.68. The number of ether oxygens (including phenoxy) is 2. The van der Waals surface area contributed by atoms with E-state index in [0.717, 1.165) is 45.1 Å². The van der Waals surface area contributed by atoms with E-state index >= 15 is 4.39 Å². The second-order valence-corrected chi connectivity index (χ2v) is 13.5. The molecule has 4 aliphatic heterocycles. The fourth-order valence-corrected chi connectivity index (χ4v) is 8.68. The summed E-state index contributed by atoms with van der Waals surface area (Å²) in [4.78, 5) is 30.0. The lowest BCUT2D eigenvalue weighted by molar-refractivity contribution is -0.0504. The van der Waals surface area contributed by atoms with Crippen molar-refractivity contribution >= 4 is 28.2 Å². The van der Waals surface area contributed by atoms with Crippen LogP contribution in [0.4, 0.5) is 20.3 Å². The van der Waals surface area contributed by atoms with Gasteiger partial charge in [0.2, 0.25) is 0 Å². The number of fused-ring (bicyclic) bond motifs is 3. The van der Waals surface area contributed by atoms with Crippen molar-refractivity contribution in [3.8, 4) is 11.8 Å². The number of hydrogen-bond donors (Lipinski definition) is 1. The predicted octanol–water partition coefficient (Wildman–Crippen LogP) is 5.30. The Labute approximate surface area is 261 Å². The quantitative estimate of drug-likeness (QED) is 0.398. The molecule has 3 aromatic rings. The number of carbonyl (C=O) groups is 1. The summed E-state index contributed by atoms with van der Waals surface area (Å²) in [7, 11) is 0. The summed E-state index contributed by atoms with van der Waals surface area (Å²) >= 11 is 0. The number of phenolic OH excluding ortho intramolecular Hbond substituents is 1. The third-order valence-corrected chi connectivity index (χ3v) is 10.8. The second kappa shape index (κ2) is 10.8. The number of rotatable bonds is 6. The van der Waals surface area contributed by atoms with Crippen molar-refractivity contribution in [2.75, 3.05) is 49.2 Å². The number of aromatic hydroxyl groups is 1. The maximum absolute atomic E-state index is 15.0. The smallest absolute Gasteiger partial charge is 0.318 e. The highest BCUT2D eigenvalue weighted by atomic mass is 19.1. The first-order chi connectivity index (χ1) is 21.8. The molecule has 1 aliphatic carbocycles. The molecule has 0 bridgehead atoms. The molecule has 3 saturated heterocycles. The minimum Gasteiger partial charge on any atom is -0.508 e. The van der Waals surface area contributed by atoms with Gasteiger partial charge in [0.25, 0.3) is 5.91 Å². The summed E-state index contributed by atoms with van der Waals surface area (Å²) in [5.74, 6) is -0.146. The molecule has 11 heteroatoms. The van der Waals surface area contributed by atoms with Gasteiger partial charge < -0.3 is 24.4 Å². The summed E-state index contributed by atoms with van der Waals surface area (Å²) in [6.45, 7) is 5.28. The molecular weight excluding hydrogens is 580 g/mol. The zero-order valence-corrected chi connectivity index (χ0v) is 25.7. The lowest BCUT2D eigenvalue weighted by Crippen LogP contribution is -2.51. The van der Waals surface area contributed by atoms with Crippen LogP contribution < -0.4 is 14.5 Å². The van der Waals surface area contributed by atoms with Gasteiger partial charge in [-0.15, -0.1) is 0 Å². The van der Waals surface area contributed by atoms with Crippen LogP contribution in [0.25, 0.3) is 10.8 Å². The molecule has 8 rings (SSSR count). The summed E-state index contributed by atoms with van der Waals surface area (Å²) < 4.78 is 42.1. The number of morpholine rings is 1. The van der Waals surface area contributed by atoms with E-state index in [0.29, 0.717) is 78.2 Å². The van der Waals surface area contributed by atoms with Gasteiger partial charge in [0.1, 0.15) is 35.7 Å². The number of benzene rings is 2. The van der Waals surface area contributed by atoms with Gasteiger partial charge in [-0.05, 0) is 61.7 Å². The van der Waals surface area contributed by atoms with Gasteiger partial charge in [-0.1, -0.05) is 25.8 Å². The van der Waals surface area contributed by atoms with E-state index in [1.54, 1.807) is 17.0 Å². The molecule has 45 heavy (non-hydrogen) atoms. The van der Waals surface area contributed by atoms with Gasteiger partial charge in [0.05, 0.1) is 35.7 Å². The van der Waals surface area contributed by atoms with E-state index < -0.39 is 6.17 Å². The Morgan fingerprint density at radius 1 is 1.13 bits per heavy atom. The number of aryl methyl sites for hydroxylation is 1. The standard InChI is InChI=1S/C34H39F2N5O4/c1-2-24-25(36)7-6-21-14-23(42)15-27(28(21)24)41-18-26-29(31(41)43)30(39-12-13-45-34(19-39)9-3-4-10-34)38-32(37-26)44-20-33-8-5-11-40(33)17-22(35)16-33/h6-7,14-15,22,42H,2-5,8-13,16-20H2,1H3/t22-,33+/m1/s1. The topological polar surface area (TPSA) is 91.3 Å². The molecule has 0 unspecified atom stereocenters. The van der Waals surface area contributed by atoms with E-state index in [4.69, 9.17) is 19.4 Å². The molecule has 5 heterocycles.